The van der Waals surface area contributed by atoms with Crippen LogP contribution in [0.2, 0.25) is 0 Å². The number of aromatic amines is 1. The van der Waals surface area contributed by atoms with Gasteiger partial charge in [0.25, 0.3) is 5.56 Å². The molecule has 0 aliphatic carbocycles. The number of nitrogens with zero attached hydrogens (tertiary/aromatic N) is 2. The molecule has 0 bridgehead atoms. The molecular formula is C9H8N4O. The van der Waals surface area contributed by atoms with Gasteiger partial charge < -0.3 is 10.7 Å². The summed E-state index contributed by atoms with van der Waals surface area (Å²) in [6.45, 7) is 0. The van der Waals surface area contributed by atoms with E-state index in [1.54, 1.807) is 30.9 Å². The summed E-state index contributed by atoms with van der Waals surface area (Å²) in [5, 5.41) is 0. The monoisotopic (exact) mass is 188 g/mol. The Hall–Kier alpha value is -2.17. The predicted molar refractivity (Wildman–Crippen MR) is 52.5 cm³/mol. The Morgan fingerprint density at radius 3 is 2.86 bits per heavy atom. The van der Waals surface area contributed by atoms with Crippen molar-refractivity contribution in [3.05, 3.63) is 41.2 Å². The number of pyridine rings is 1. The Kier molecular flexibility index (Phi) is 1.98. The summed E-state index contributed by atoms with van der Waals surface area (Å²) in [4.78, 5) is 21.5. The number of nitrogens with one attached hydrogen (secondary N) is 1. The van der Waals surface area contributed by atoms with E-state index in [9.17, 15) is 4.79 Å². The van der Waals surface area contributed by atoms with Gasteiger partial charge >= 0.3 is 0 Å². The number of nitrogens with two attached hydrogens (primary N) is 1. The molecule has 0 aromatic carbocycles. The fraction of sp³-hybridized carbons (Fsp3) is 0. The highest BCUT2D eigenvalue weighted by atomic mass is 16.1. The molecule has 0 atom stereocenters. The second kappa shape index (κ2) is 3.29. The van der Waals surface area contributed by atoms with E-state index in [0.29, 0.717) is 5.69 Å². The first kappa shape index (κ1) is 8.43. The molecule has 0 unspecified atom stereocenters. The van der Waals surface area contributed by atoms with E-state index in [1.807, 2.05) is 0 Å². The topological polar surface area (TPSA) is 84.7 Å². The standard InChI is InChI=1S/C9H8N4O/c10-7-3-6(4-13-9(7)14)8-5-11-1-2-12-8/h1-5H,10H2,(H,13,14). The Bertz CT molecular complexity index is 492. The van der Waals surface area contributed by atoms with Crippen molar-refractivity contribution in [3.8, 4) is 11.3 Å². The Labute approximate surface area is 79.6 Å². The maximum Gasteiger partial charge on any atom is 0.271 e. The third kappa shape index (κ3) is 1.47. The van der Waals surface area contributed by atoms with Crippen LogP contribution in [0.1, 0.15) is 0 Å². The van der Waals surface area contributed by atoms with Gasteiger partial charge in [-0.2, -0.15) is 0 Å². The number of hydrogen-bond acceptors (Lipinski definition) is 4. The van der Waals surface area contributed by atoms with Crippen LogP contribution in [0.15, 0.2) is 35.6 Å². The van der Waals surface area contributed by atoms with Crippen LogP contribution in [0, 0.1) is 0 Å². The Morgan fingerprint density at radius 1 is 1.36 bits per heavy atom. The van der Waals surface area contributed by atoms with Gasteiger partial charge in [0.1, 0.15) is 0 Å². The zero-order valence-electron chi connectivity index (χ0n) is 7.27. The van der Waals surface area contributed by atoms with E-state index in [2.05, 4.69) is 15.0 Å². The number of nitrogen functional groups attached to an aromatic ring is 1. The van der Waals surface area contributed by atoms with Crippen molar-refractivity contribution in [2.24, 2.45) is 0 Å². The predicted octanol–water partition coefficient (Wildman–Crippen LogP) is 0.414. The molecule has 5 heteroatoms. The third-order valence-corrected chi connectivity index (χ3v) is 1.79. The zero-order valence-corrected chi connectivity index (χ0v) is 7.27. The second-order valence-electron chi connectivity index (χ2n) is 2.76. The molecule has 0 aliphatic heterocycles. The third-order valence-electron chi connectivity index (χ3n) is 1.79. The molecule has 0 aliphatic rings. The van der Waals surface area contributed by atoms with Crippen molar-refractivity contribution < 1.29 is 0 Å². The van der Waals surface area contributed by atoms with Crippen LogP contribution < -0.4 is 11.3 Å². The molecule has 0 spiro atoms. The number of aromatic nitrogens is 3. The van der Waals surface area contributed by atoms with E-state index in [4.69, 9.17) is 5.73 Å². The van der Waals surface area contributed by atoms with Gasteiger partial charge in [-0.25, -0.2) is 0 Å². The maximum absolute atomic E-state index is 11.0. The second-order valence-corrected chi connectivity index (χ2v) is 2.76. The minimum Gasteiger partial charge on any atom is -0.394 e. The molecule has 14 heavy (non-hydrogen) atoms. The van der Waals surface area contributed by atoms with Crippen molar-refractivity contribution in [3.63, 3.8) is 0 Å². The van der Waals surface area contributed by atoms with Crippen LogP contribution in [0.5, 0.6) is 0 Å². The number of rotatable bonds is 1. The van der Waals surface area contributed by atoms with Crippen molar-refractivity contribution in [2.75, 3.05) is 5.73 Å². The summed E-state index contributed by atoms with van der Waals surface area (Å²) in [5.74, 6) is 0. The van der Waals surface area contributed by atoms with E-state index in [1.165, 1.54) is 0 Å². The Balaban J connectivity index is 2.54. The van der Waals surface area contributed by atoms with E-state index in [0.717, 1.165) is 5.56 Å². The highest BCUT2D eigenvalue weighted by molar-refractivity contribution is 5.60. The minimum atomic E-state index is -0.294. The number of anilines is 1. The average molecular weight is 188 g/mol. The molecular weight excluding hydrogens is 180 g/mol. The van der Waals surface area contributed by atoms with Crippen molar-refractivity contribution >= 4 is 5.69 Å². The molecule has 2 heterocycles. The van der Waals surface area contributed by atoms with Gasteiger partial charge in [0, 0.05) is 24.2 Å². The minimum absolute atomic E-state index is 0.174. The molecule has 70 valence electrons. The molecule has 2 aromatic rings. The van der Waals surface area contributed by atoms with Crippen LogP contribution in [0.4, 0.5) is 5.69 Å². The first-order valence-corrected chi connectivity index (χ1v) is 4.02. The summed E-state index contributed by atoms with van der Waals surface area (Å²) in [7, 11) is 0. The van der Waals surface area contributed by atoms with Crippen LogP contribution in [0.3, 0.4) is 0 Å². The van der Waals surface area contributed by atoms with Gasteiger partial charge in [0.05, 0.1) is 17.6 Å². The van der Waals surface area contributed by atoms with Gasteiger partial charge in [0.15, 0.2) is 0 Å². The number of hydrogen-bond donors (Lipinski definition) is 2. The van der Waals surface area contributed by atoms with E-state index >= 15 is 0 Å². The molecule has 0 amide bonds. The number of H-pyrrole nitrogens is 1. The highest BCUT2D eigenvalue weighted by Crippen LogP contribution is 2.13. The molecule has 5 nitrogen and oxygen atoms in total. The summed E-state index contributed by atoms with van der Waals surface area (Å²) >= 11 is 0. The molecule has 3 N–H and O–H groups in total. The van der Waals surface area contributed by atoms with Crippen molar-refractivity contribution in [1.29, 1.82) is 0 Å². The maximum atomic E-state index is 11.0. The van der Waals surface area contributed by atoms with Crippen LogP contribution in [-0.4, -0.2) is 15.0 Å². The lowest BCUT2D eigenvalue weighted by Gasteiger charge is -1.99. The molecule has 0 saturated carbocycles. The molecule has 0 saturated heterocycles. The summed E-state index contributed by atoms with van der Waals surface area (Å²) in [6, 6.07) is 1.57. The van der Waals surface area contributed by atoms with Gasteiger partial charge in [-0.1, -0.05) is 0 Å². The van der Waals surface area contributed by atoms with Gasteiger partial charge in [-0.3, -0.25) is 14.8 Å². The van der Waals surface area contributed by atoms with Crippen LogP contribution >= 0.6 is 0 Å². The zero-order chi connectivity index (χ0) is 9.97. The molecule has 0 radical (unpaired) electrons. The lowest BCUT2D eigenvalue weighted by atomic mass is 10.2. The lowest BCUT2D eigenvalue weighted by Crippen LogP contribution is -2.10. The SMILES string of the molecule is Nc1cc(-c2cnccn2)c[nH]c1=O. The van der Waals surface area contributed by atoms with Gasteiger partial charge in [-0.15, -0.1) is 0 Å². The lowest BCUT2D eigenvalue weighted by molar-refractivity contribution is 1.18. The first-order chi connectivity index (χ1) is 6.77. The highest BCUT2D eigenvalue weighted by Gasteiger charge is 2.01. The quantitative estimate of drug-likeness (QED) is 0.679. The van der Waals surface area contributed by atoms with E-state index < -0.39 is 0 Å². The molecule has 2 rings (SSSR count). The molecule has 2 aromatic heterocycles. The van der Waals surface area contributed by atoms with Gasteiger partial charge in [-0.05, 0) is 6.07 Å². The molecule has 0 fully saturated rings. The smallest absolute Gasteiger partial charge is 0.271 e. The fourth-order valence-electron chi connectivity index (χ4n) is 1.10. The first-order valence-electron chi connectivity index (χ1n) is 4.02. The van der Waals surface area contributed by atoms with Crippen molar-refractivity contribution in [1.82, 2.24) is 15.0 Å². The van der Waals surface area contributed by atoms with E-state index in [-0.39, 0.29) is 11.2 Å². The summed E-state index contributed by atoms with van der Waals surface area (Å²) in [5.41, 5.74) is 6.77. The fourth-order valence-corrected chi connectivity index (χ4v) is 1.10. The van der Waals surface area contributed by atoms with Crippen LogP contribution in [0.25, 0.3) is 11.3 Å². The Morgan fingerprint density at radius 2 is 2.21 bits per heavy atom. The van der Waals surface area contributed by atoms with Gasteiger partial charge in [0.2, 0.25) is 0 Å². The van der Waals surface area contributed by atoms with Crippen molar-refractivity contribution in [2.45, 2.75) is 0 Å². The average Bonchev–Trinajstić information content (AvgIpc) is 2.23. The summed E-state index contributed by atoms with van der Waals surface area (Å²) in [6.07, 6.45) is 6.32. The summed E-state index contributed by atoms with van der Waals surface area (Å²) < 4.78 is 0. The van der Waals surface area contributed by atoms with Crippen LogP contribution in [-0.2, 0) is 0 Å². The largest absolute Gasteiger partial charge is 0.394 e. The normalized spacial score (nSPS) is 10.0.